The first-order valence-corrected chi connectivity index (χ1v) is 6.90. The Kier molecular flexibility index (Phi) is 4.34. The van der Waals surface area contributed by atoms with Crippen molar-refractivity contribution < 1.29 is 14.1 Å². The summed E-state index contributed by atoms with van der Waals surface area (Å²) in [5.41, 5.74) is 1.03. The summed E-state index contributed by atoms with van der Waals surface area (Å²) in [4.78, 5) is 10.4. The van der Waals surface area contributed by atoms with Crippen LogP contribution < -0.4 is 4.74 Å². The predicted molar refractivity (Wildman–Crippen MR) is 76.9 cm³/mol. The normalized spacial score (nSPS) is 10.3. The van der Waals surface area contributed by atoms with Crippen LogP contribution in [0.3, 0.4) is 0 Å². The molecule has 0 fully saturated rings. The van der Waals surface area contributed by atoms with Crippen LogP contribution in [-0.2, 0) is 5.33 Å². The molecule has 0 bridgehead atoms. The second-order valence-electron chi connectivity index (χ2n) is 4.19. The molecule has 4 nitrogen and oxygen atoms in total. The Hall–Kier alpha value is -1.95. The summed E-state index contributed by atoms with van der Waals surface area (Å²) in [6.45, 7) is 1.64. The SMILES string of the molecule is Cc1cc(Oc2ccc([N+](=O)[O-])c(CBr)c2)ccc1F. The van der Waals surface area contributed by atoms with E-state index in [-0.39, 0.29) is 11.5 Å². The molecule has 0 amide bonds. The third-order valence-electron chi connectivity index (χ3n) is 2.76. The van der Waals surface area contributed by atoms with Crippen LogP contribution in [0.15, 0.2) is 36.4 Å². The first-order valence-electron chi connectivity index (χ1n) is 5.78. The molecule has 0 heterocycles. The highest BCUT2D eigenvalue weighted by Crippen LogP contribution is 2.29. The Labute approximate surface area is 123 Å². The fraction of sp³-hybridized carbons (Fsp3) is 0.143. The van der Waals surface area contributed by atoms with Crippen molar-refractivity contribution in [1.82, 2.24) is 0 Å². The standard InChI is InChI=1S/C14H11BrFNO3/c1-9-6-11(2-4-13(9)16)20-12-3-5-14(17(18)19)10(7-12)8-15/h2-7H,8H2,1H3. The molecule has 0 atom stereocenters. The van der Waals surface area contributed by atoms with E-state index in [2.05, 4.69) is 15.9 Å². The Bertz CT molecular complexity index is 661. The second-order valence-corrected chi connectivity index (χ2v) is 4.76. The summed E-state index contributed by atoms with van der Waals surface area (Å²) in [6, 6.07) is 8.90. The molecule has 0 N–H and O–H groups in total. The quantitative estimate of drug-likeness (QED) is 0.459. The van der Waals surface area contributed by atoms with E-state index in [0.29, 0.717) is 28.0 Å². The Balaban J connectivity index is 2.29. The lowest BCUT2D eigenvalue weighted by atomic mass is 10.2. The lowest BCUT2D eigenvalue weighted by molar-refractivity contribution is -0.385. The number of hydrogen-bond acceptors (Lipinski definition) is 3. The Morgan fingerprint density at radius 2 is 1.90 bits per heavy atom. The average molecular weight is 340 g/mol. The average Bonchev–Trinajstić information content (AvgIpc) is 2.42. The number of benzene rings is 2. The summed E-state index contributed by atoms with van der Waals surface area (Å²) in [5, 5.41) is 11.2. The minimum atomic E-state index is -0.442. The molecule has 0 aliphatic heterocycles. The Morgan fingerprint density at radius 3 is 2.50 bits per heavy atom. The van der Waals surface area contributed by atoms with Crippen molar-refractivity contribution in [2.75, 3.05) is 0 Å². The summed E-state index contributed by atoms with van der Waals surface area (Å²) >= 11 is 3.21. The molecule has 0 aromatic heterocycles. The lowest BCUT2D eigenvalue weighted by Crippen LogP contribution is -1.94. The van der Waals surface area contributed by atoms with Gasteiger partial charge in [0.1, 0.15) is 17.3 Å². The van der Waals surface area contributed by atoms with Crippen LogP contribution in [0.25, 0.3) is 0 Å². The molecule has 2 rings (SSSR count). The van der Waals surface area contributed by atoms with Gasteiger partial charge in [0.05, 0.1) is 4.92 Å². The van der Waals surface area contributed by atoms with E-state index in [1.165, 1.54) is 24.3 Å². The van der Waals surface area contributed by atoms with Crippen molar-refractivity contribution in [2.24, 2.45) is 0 Å². The van der Waals surface area contributed by atoms with Gasteiger partial charge in [-0.1, -0.05) is 15.9 Å². The molecule has 0 saturated carbocycles. The highest BCUT2D eigenvalue weighted by molar-refractivity contribution is 9.08. The van der Waals surface area contributed by atoms with E-state index in [1.54, 1.807) is 19.1 Å². The van der Waals surface area contributed by atoms with Crippen LogP contribution in [0.2, 0.25) is 0 Å². The van der Waals surface area contributed by atoms with E-state index >= 15 is 0 Å². The third-order valence-corrected chi connectivity index (χ3v) is 3.36. The number of nitrogens with zero attached hydrogens (tertiary/aromatic N) is 1. The molecule has 2 aromatic carbocycles. The maximum atomic E-state index is 13.2. The van der Waals surface area contributed by atoms with Gasteiger partial charge in [-0.2, -0.15) is 0 Å². The number of hydrogen-bond donors (Lipinski definition) is 0. The van der Waals surface area contributed by atoms with Crippen molar-refractivity contribution in [3.8, 4) is 11.5 Å². The lowest BCUT2D eigenvalue weighted by Gasteiger charge is -2.08. The molecule has 0 spiro atoms. The molecule has 20 heavy (non-hydrogen) atoms. The molecule has 6 heteroatoms. The van der Waals surface area contributed by atoms with Gasteiger partial charge in [-0.25, -0.2) is 4.39 Å². The van der Waals surface area contributed by atoms with Crippen molar-refractivity contribution in [3.63, 3.8) is 0 Å². The molecule has 0 saturated heterocycles. The molecule has 0 aliphatic rings. The summed E-state index contributed by atoms with van der Waals surface area (Å²) < 4.78 is 18.7. The summed E-state index contributed by atoms with van der Waals surface area (Å²) in [5.74, 6) is 0.650. The van der Waals surface area contributed by atoms with Crippen LogP contribution >= 0.6 is 15.9 Å². The number of ether oxygens (including phenoxy) is 1. The second kappa shape index (κ2) is 6.00. The van der Waals surface area contributed by atoms with Crippen LogP contribution in [0.4, 0.5) is 10.1 Å². The maximum Gasteiger partial charge on any atom is 0.273 e. The van der Waals surface area contributed by atoms with Crippen molar-refractivity contribution in [3.05, 3.63) is 63.5 Å². The zero-order valence-corrected chi connectivity index (χ0v) is 12.2. The van der Waals surface area contributed by atoms with Crippen molar-refractivity contribution in [1.29, 1.82) is 0 Å². The van der Waals surface area contributed by atoms with Crippen LogP contribution in [0.5, 0.6) is 11.5 Å². The van der Waals surface area contributed by atoms with Crippen LogP contribution in [0.1, 0.15) is 11.1 Å². The van der Waals surface area contributed by atoms with E-state index in [9.17, 15) is 14.5 Å². The first-order chi connectivity index (χ1) is 9.51. The van der Waals surface area contributed by atoms with Crippen LogP contribution in [-0.4, -0.2) is 4.92 Å². The van der Waals surface area contributed by atoms with Crippen molar-refractivity contribution >= 4 is 21.6 Å². The van der Waals surface area contributed by atoms with Gasteiger partial charge in [0, 0.05) is 17.0 Å². The first kappa shape index (κ1) is 14.5. The molecule has 0 radical (unpaired) electrons. The summed E-state index contributed by atoms with van der Waals surface area (Å²) in [6.07, 6.45) is 0. The number of nitro benzene ring substituents is 1. The molecular formula is C14H11BrFNO3. The number of aryl methyl sites for hydroxylation is 1. The van der Waals surface area contributed by atoms with Gasteiger partial charge in [0.2, 0.25) is 0 Å². The van der Waals surface area contributed by atoms with Gasteiger partial charge in [-0.05, 0) is 42.8 Å². The van der Waals surface area contributed by atoms with E-state index < -0.39 is 4.92 Å². The van der Waals surface area contributed by atoms with Gasteiger partial charge in [0.25, 0.3) is 5.69 Å². The van der Waals surface area contributed by atoms with Gasteiger partial charge < -0.3 is 4.74 Å². The largest absolute Gasteiger partial charge is 0.457 e. The topological polar surface area (TPSA) is 52.4 Å². The fourth-order valence-electron chi connectivity index (χ4n) is 1.73. The van der Waals surface area contributed by atoms with E-state index in [0.717, 1.165) is 0 Å². The zero-order valence-electron chi connectivity index (χ0n) is 10.6. The van der Waals surface area contributed by atoms with Gasteiger partial charge in [-0.3, -0.25) is 10.1 Å². The van der Waals surface area contributed by atoms with Crippen LogP contribution in [0, 0.1) is 22.9 Å². The minimum absolute atomic E-state index is 0.0320. The molecule has 0 aliphatic carbocycles. The number of alkyl halides is 1. The predicted octanol–water partition coefficient (Wildman–Crippen LogP) is 4.73. The summed E-state index contributed by atoms with van der Waals surface area (Å²) in [7, 11) is 0. The van der Waals surface area contributed by atoms with Gasteiger partial charge in [0.15, 0.2) is 0 Å². The van der Waals surface area contributed by atoms with E-state index in [4.69, 9.17) is 4.74 Å². The molecule has 2 aromatic rings. The fourth-order valence-corrected chi connectivity index (χ4v) is 2.18. The molecular weight excluding hydrogens is 329 g/mol. The zero-order chi connectivity index (χ0) is 14.7. The minimum Gasteiger partial charge on any atom is -0.457 e. The molecule has 0 unspecified atom stereocenters. The van der Waals surface area contributed by atoms with Gasteiger partial charge in [-0.15, -0.1) is 0 Å². The van der Waals surface area contributed by atoms with Gasteiger partial charge >= 0.3 is 0 Å². The highest BCUT2D eigenvalue weighted by Gasteiger charge is 2.14. The number of halogens is 2. The third kappa shape index (κ3) is 3.14. The Morgan fingerprint density at radius 1 is 1.25 bits per heavy atom. The smallest absolute Gasteiger partial charge is 0.273 e. The maximum absolute atomic E-state index is 13.2. The number of nitro groups is 1. The number of rotatable bonds is 4. The van der Waals surface area contributed by atoms with E-state index in [1.807, 2.05) is 0 Å². The van der Waals surface area contributed by atoms with Crippen molar-refractivity contribution in [2.45, 2.75) is 12.3 Å². The highest BCUT2D eigenvalue weighted by atomic mass is 79.9. The molecule has 104 valence electrons. The monoisotopic (exact) mass is 339 g/mol.